The summed E-state index contributed by atoms with van der Waals surface area (Å²) < 4.78 is 0. The molecule has 1 heterocycles. The molecule has 1 amide bonds. The average Bonchev–Trinajstić information content (AvgIpc) is 2.45. The number of rotatable bonds is 1. The zero-order valence-corrected chi connectivity index (χ0v) is 10.1. The number of aromatic nitrogens is 1. The average molecular weight is 212 g/mol. The predicted octanol–water partition coefficient (Wildman–Crippen LogP) is 2.11. The Labute approximate surface area is 88.6 Å². The number of carbonyl (C=O) groups excluding carboxylic acids is 1. The first kappa shape index (κ1) is 11.2. The predicted molar refractivity (Wildman–Crippen MR) is 58.9 cm³/mol. The molecule has 14 heavy (non-hydrogen) atoms. The fourth-order valence-electron chi connectivity index (χ4n) is 1.04. The Kier molecular flexibility index (Phi) is 2.95. The molecule has 3 nitrogen and oxygen atoms in total. The van der Waals surface area contributed by atoms with E-state index in [1.807, 2.05) is 6.92 Å². The van der Waals surface area contributed by atoms with Crippen molar-refractivity contribution in [3.05, 3.63) is 15.6 Å². The standard InChI is InChI=1S/C10H16N2OS/c1-6-7(8(13)11-5)14-9(12-6)10(2,3)4/h1-5H3,(H,11,13). The van der Waals surface area contributed by atoms with Gasteiger partial charge in [0.2, 0.25) is 0 Å². The lowest BCUT2D eigenvalue weighted by Crippen LogP contribution is -2.17. The number of carbonyl (C=O) groups is 1. The van der Waals surface area contributed by atoms with Gasteiger partial charge < -0.3 is 5.32 Å². The van der Waals surface area contributed by atoms with E-state index in [4.69, 9.17) is 0 Å². The lowest BCUT2D eigenvalue weighted by atomic mass is 9.98. The summed E-state index contributed by atoms with van der Waals surface area (Å²) in [4.78, 5) is 16.6. The molecule has 1 N–H and O–H groups in total. The van der Waals surface area contributed by atoms with Crippen molar-refractivity contribution in [2.75, 3.05) is 7.05 Å². The van der Waals surface area contributed by atoms with E-state index in [2.05, 4.69) is 31.1 Å². The van der Waals surface area contributed by atoms with Gasteiger partial charge in [-0.05, 0) is 6.92 Å². The summed E-state index contributed by atoms with van der Waals surface area (Å²) >= 11 is 1.48. The lowest BCUT2D eigenvalue weighted by molar-refractivity contribution is 0.0966. The van der Waals surface area contributed by atoms with Crippen LogP contribution in [0.15, 0.2) is 0 Å². The molecule has 0 spiro atoms. The molecule has 0 aliphatic carbocycles. The van der Waals surface area contributed by atoms with Crippen molar-refractivity contribution < 1.29 is 4.79 Å². The van der Waals surface area contributed by atoms with Gasteiger partial charge in [0, 0.05) is 12.5 Å². The number of thiazole rings is 1. The SMILES string of the molecule is CNC(=O)c1sc(C(C)(C)C)nc1C. The van der Waals surface area contributed by atoms with Crippen molar-refractivity contribution in [1.82, 2.24) is 10.3 Å². The first-order valence-electron chi connectivity index (χ1n) is 4.56. The minimum absolute atomic E-state index is 0.0156. The summed E-state index contributed by atoms with van der Waals surface area (Å²) in [5.74, 6) is -0.0458. The van der Waals surface area contributed by atoms with Crippen LogP contribution in [0.25, 0.3) is 0 Å². The Morgan fingerprint density at radius 3 is 2.36 bits per heavy atom. The van der Waals surface area contributed by atoms with Gasteiger partial charge in [-0.1, -0.05) is 20.8 Å². The van der Waals surface area contributed by atoms with Crippen LogP contribution in [0, 0.1) is 6.92 Å². The van der Waals surface area contributed by atoms with Crippen LogP contribution in [0.3, 0.4) is 0 Å². The molecule has 1 rings (SSSR count). The summed E-state index contributed by atoms with van der Waals surface area (Å²) in [7, 11) is 1.64. The number of nitrogens with one attached hydrogen (secondary N) is 1. The van der Waals surface area contributed by atoms with Crippen LogP contribution in [0.5, 0.6) is 0 Å². The smallest absolute Gasteiger partial charge is 0.263 e. The quantitative estimate of drug-likeness (QED) is 0.774. The summed E-state index contributed by atoms with van der Waals surface area (Å²) in [6.45, 7) is 8.16. The Hall–Kier alpha value is -0.900. The van der Waals surface area contributed by atoms with Crippen LogP contribution in [0.1, 0.15) is 41.1 Å². The molecule has 78 valence electrons. The third-order valence-electron chi connectivity index (χ3n) is 1.87. The first-order chi connectivity index (χ1) is 6.36. The zero-order chi connectivity index (χ0) is 10.9. The Balaban J connectivity index is 3.12. The van der Waals surface area contributed by atoms with E-state index in [1.54, 1.807) is 7.05 Å². The lowest BCUT2D eigenvalue weighted by Gasteiger charge is -2.13. The molecule has 0 aromatic carbocycles. The molecule has 0 bridgehead atoms. The fraction of sp³-hybridized carbons (Fsp3) is 0.600. The third-order valence-corrected chi connectivity index (χ3v) is 3.45. The van der Waals surface area contributed by atoms with Crippen LogP contribution in [-0.2, 0) is 5.41 Å². The molecule has 1 aromatic heterocycles. The van der Waals surface area contributed by atoms with Crippen LogP contribution >= 0.6 is 11.3 Å². The van der Waals surface area contributed by atoms with E-state index >= 15 is 0 Å². The Bertz CT molecular complexity index is 349. The normalized spacial score (nSPS) is 11.5. The first-order valence-corrected chi connectivity index (χ1v) is 5.38. The molecule has 4 heteroatoms. The summed E-state index contributed by atoms with van der Waals surface area (Å²) in [5, 5.41) is 3.63. The Morgan fingerprint density at radius 1 is 1.43 bits per heavy atom. The van der Waals surface area contributed by atoms with Crippen molar-refractivity contribution in [3.8, 4) is 0 Å². The molecule has 0 fully saturated rings. The van der Waals surface area contributed by atoms with Gasteiger partial charge in [0.15, 0.2) is 0 Å². The highest BCUT2D eigenvalue weighted by molar-refractivity contribution is 7.14. The van der Waals surface area contributed by atoms with Crippen molar-refractivity contribution in [2.24, 2.45) is 0 Å². The molecule has 0 saturated carbocycles. The second kappa shape index (κ2) is 3.69. The third kappa shape index (κ3) is 2.12. The van der Waals surface area contributed by atoms with Gasteiger partial charge in [0.25, 0.3) is 5.91 Å². The number of amides is 1. The Morgan fingerprint density at radius 2 is 2.00 bits per heavy atom. The van der Waals surface area contributed by atoms with E-state index in [1.165, 1.54) is 11.3 Å². The van der Waals surface area contributed by atoms with Crippen LogP contribution in [0.4, 0.5) is 0 Å². The van der Waals surface area contributed by atoms with Gasteiger partial charge in [-0.15, -0.1) is 11.3 Å². The summed E-state index contributed by atoms with van der Waals surface area (Å²) in [6, 6.07) is 0. The van der Waals surface area contributed by atoms with Crippen molar-refractivity contribution in [3.63, 3.8) is 0 Å². The van der Waals surface area contributed by atoms with Gasteiger partial charge in [-0.3, -0.25) is 4.79 Å². The van der Waals surface area contributed by atoms with Crippen molar-refractivity contribution >= 4 is 17.2 Å². The number of aryl methyl sites for hydroxylation is 1. The second-order valence-corrected chi connectivity index (χ2v) is 5.26. The number of hydrogen-bond acceptors (Lipinski definition) is 3. The molecule has 0 saturated heterocycles. The minimum atomic E-state index is -0.0458. The maximum Gasteiger partial charge on any atom is 0.263 e. The summed E-state index contributed by atoms with van der Waals surface area (Å²) in [5.41, 5.74) is 0.834. The topological polar surface area (TPSA) is 42.0 Å². The molecule has 0 radical (unpaired) electrons. The molecular formula is C10H16N2OS. The molecule has 0 atom stereocenters. The maximum absolute atomic E-state index is 11.4. The van der Waals surface area contributed by atoms with Gasteiger partial charge in [-0.25, -0.2) is 4.98 Å². The van der Waals surface area contributed by atoms with E-state index in [0.29, 0.717) is 0 Å². The highest BCUT2D eigenvalue weighted by Crippen LogP contribution is 2.28. The number of hydrogen-bond donors (Lipinski definition) is 1. The van der Waals surface area contributed by atoms with Crippen molar-refractivity contribution in [1.29, 1.82) is 0 Å². The van der Waals surface area contributed by atoms with E-state index < -0.39 is 0 Å². The van der Waals surface area contributed by atoms with Gasteiger partial charge in [-0.2, -0.15) is 0 Å². The molecule has 0 aliphatic rings. The fourth-order valence-corrected chi connectivity index (χ4v) is 2.11. The second-order valence-electron chi connectivity index (χ2n) is 4.26. The molecule has 1 aromatic rings. The van der Waals surface area contributed by atoms with E-state index in [0.717, 1.165) is 15.6 Å². The van der Waals surface area contributed by atoms with Gasteiger partial charge in [0.05, 0.1) is 10.7 Å². The summed E-state index contributed by atoms with van der Waals surface area (Å²) in [6.07, 6.45) is 0. The zero-order valence-electron chi connectivity index (χ0n) is 9.26. The minimum Gasteiger partial charge on any atom is -0.354 e. The molecule has 0 aliphatic heterocycles. The van der Waals surface area contributed by atoms with E-state index in [-0.39, 0.29) is 11.3 Å². The van der Waals surface area contributed by atoms with Gasteiger partial charge in [0.1, 0.15) is 4.88 Å². The number of nitrogens with zero attached hydrogens (tertiary/aromatic N) is 1. The molecule has 0 unspecified atom stereocenters. The van der Waals surface area contributed by atoms with Gasteiger partial charge >= 0.3 is 0 Å². The monoisotopic (exact) mass is 212 g/mol. The molecular weight excluding hydrogens is 196 g/mol. The maximum atomic E-state index is 11.4. The van der Waals surface area contributed by atoms with Crippen LogP contribution in [0.2, 0.25) is 0 Å². The largest absolute Gasteiger partial charge is 0.354 e. The van der Waals surface area contributed by atoms with Crippen LogP contribution in [-0.4, -0.2) is 17.9 Å². The highest BCUT2D eigenvalue weighted by Gasteiger charge is 2.22. The van der Waals surface area contributed by atoms with E-state index in [9.17, 15) is 4.79 Å². The van der Waals surface area contributed by atoms with Crippen LogP contribution < -0.4 is 5.32 Å². The van der Waals surface area contributed by atoms with Crippen molar-refractivity contribution in [2.45, 2.75) is 33.1 Å². The highest BCUT2D eigenvalue weighted by atomic mass is 32.1.